The molecular formula is C12H20N4O4S. The van der Waals surface area contributed by atoms with Gasteiger partial charge in [-0.05, 0) is 12.8 Å². The van der Waals surface area contributed by atoms with E-state index in [2.05, 4.69) is 4.99 Å². The number of amides is 1. The number of carboxylic acids is 1. The summed E-state index contributed by atoms with van der Waals surface area (Å²) in [5.41, 5.74) is 11.1. The fourth-order valence-electron chi connectivity index (χ4n) is 1.92. The van der Waals surface area contributed by atoms with Gasteiger partial charge in [0.2, 0.25) is 5.91 Å². The van der Waals surface area contributed by atoms with Crippen LogP contribution in [0, 0.1) is 0 Å². The van der Waals surface area contributed by atoms with Crippen LogP contribution in [0.1, 0.15) is 26.2 Å². The van der Waals surface area contributed by atoms with E-state index in [9.17, 15) is 14.4 Å². The second-order valence-corrected chi connectivity index (χ2v) is 6.24. The Hall–Kier alpha value is -1.61. The number of guanidine groups is 1. The number of hydrogen-bond donors (Lipinski definition) is 3. The Balaban J connectivity index is 2.42. The van der Waals surface area contributed by atoms with Crippen molar-refractivity contribution in [1.29, 1.82) is 0 Å². The summed E-state index contributed by atoms with van der Waals surface area (Å²) in [6.45, 7) is 2.13. The van der Waals surface area contributed by atoms with Crippen LogP contribution in [0.4, 0.5) is 0 Å². The molecule has 1 amide bonds. The third-order valence-electron chi connectivity index (χ3n) is 2.96. The quantitative estimate of drug-likeness (QED) is 0.337. The molecule has 1 aliphatic rings. The summed E-state index contributed by atoms with van der Waals surface area (Å²) >= 11 is 1.13. The number of hydrogen-bond acceptors (Lipinski definition) is 6. The Morgan fingerprint density at radius 3 is 2.81 bits per heavy atom. The molecule has 0 aromatic heterocycles. The highest BCUT2D eigenvalue weighted by atomic mass is 32.2. The van der Waals surface area contributed by atoms with Crippen LogP contribution in [-0.2, 0) is 14.4 Å². The molecular weight excluding hydrogens is 296 g/mol. The molecule has 1 saturated heterocycles. The fourth-order valence-corrected chi connectivity index (χ4v) is 2.84. The van der Waals surface area contributed by atoms with E-state index in [0.717, 1.165) is 11.8 Å². The predicted molar refractivity (Wildman–Crippen MR) is 79.7 cm³/mol. The maximum Gasteiger partial charge on any atom is 0.320 e. The second kappa shape index (κ2) is 7.99. The van der Waals surface area contributed by atoms with Crippen molar-refractivity contribution in [3.63, 3.8) is 0 Å². The van der Waals surface area contributed by atoms with Crippen LogP contribution in [0.25, 0.3) is 0 Å². The molecule has 0 bridgehead atoms. The maximum absolute atomic E-state index is 11.8. The molecule has 2 atom stereocenters. The predicted octanol–water partition coefficient (Wildman–Crippen LogP) is -0.626. The molecule has 5 N–H and O–H groups in total. The highest BCUT2D eigenvalue weighted by molar-refractivity contribution is 8.14. The Kier molecular flexibility index (Phi) is 6.63. The normalized spacial score (nSPS) is 20.7. The molecule has 1 heterocycles. The van der Waals surface area contributed by atoms with Crippen molar-refractivity contribution in [3.8, 4) is 0 Å². The Labute approximate surface area is 126 Å². The number of nitrogens with zero attached hydrogens (tertiary/aromatic N) is 2. The minimum atomic E-state index is -1.05. The summed E-state index contributed by atoms with van der Waals surface area (Å²) in [4.78, 5) is 38.8. The molecule has 0 saturated carbocycles. The molecule has 1 aliphatic heterocycles. The summed E-state index contributed by atoms with van der Waals surface area (Å²) in [7, 11) is 0. The van der Waals surface area contributed by atoms with Crippen molar-refractivity contribution in [2.45, 2.75) is 37.5 Å². The lowest BCUT2D eigenvalue weighted by molar-refractivity contribution is -0.138. The summed E-state index contributed by atoms with van der Waals surface area (Å²) < 4.78 is 0. The van der Waals surface area contributed by atoms with Gasteiger partial charge in [0.05, 0.1) is 0 Å². The van der Waals surface area contributed by atoms with Gasteiger partial charge >= 0.3 is 5.97 Å². The fraction of sp³-hybridized carbons (Fsp3) is 0.667. The van der Waals surface area contributed by atoms with Gasteiger partial charge in [-0.3, -0.25) is 24.3 Å². The summed E-state index contributed by atoms with van der Waals surface area (Å²) in [6, 6.07) is -0.911. The first-order chi connectivity index (χ1) is 9.81. The summed E-state index contributed by atoms with van der Waals surface area (Å²) in [5.74, 6) is -1.10. The SMILES string of the molecule is CC(=O)SC1CC(=O)N(C(N)=NCCC[C@H](N)C(=O)O)C1. The molecule has 1 unspecified atom stereocenters. The average Bonchev–Trinajstić information content (AvgIpc) is 2.73. The van der Waals surface area contributed by atoms with Gasteiger partial charge in [-0.1, -0.05) is 11.8 Å². The molecule has 0 aromatic carbocycles. The molecule has 9 heteroatoms. The van der Waals surface area contributed by atoms with Crippen molar-refractivity contribution in [1.82, 2.24) is 4.90 Å². The third-order valence-corrected chi connectivity index (χ3v) is 3.94. The number of carbonyl (C=O) groups excluding carboxylic acids is 2. The number of aliphatic carboxylic acids is 1. The number of carbonyl (C=O) groups is 3. The van der Waals surface area contributed by atoms with E-state index < -0.39 is 12.0 Å². The number of thioether (sulfide) groups is 1. The van der Waals surface area contributed by atoms with E-state index in [1.165, 1.54) is 11.8 Å². The summed E-state index contributed by atoms with van der Waals surface area (Å²) in [5, 5.41) is 8.50. The minimum Gasteiger partial charge on any atom is -0.480 e. The lowest BCUT2D eigenvalue weighted by Crippen LogP contribution is -2.39. The summed E-state index contributed by atoms with van der Waals surface area (Å²) in [6.07, 6.45) is 1.04. The van der Waals surface area contributed by atoms with Gasteiger partial charge in [0.15, 0.2) is 11.1 Å². The van der Waals surface area contributed by atoms with Crippen LogP contribution in [0.15, 0.2) is 4.99 Å². The van der Waals surface area contributed by atoms with Crippen molar-refractivity contribution in [2.24, 2.45) is 16.5 Å². The van der Waals surface area contributed by atoms with E-state index in [1.807, 2.05) is 0 Å². The Morgan fingerprint density at radius 1 is 1.57 bits per heavy atom. The van der Waals surface area contributed by atoms with Gasteiger partial charge in [0, 0.05) is 31.7 Å². The van der Waals surface area contributed by atoms with Gasteiger partial charge in [-0.2, -0.15) is 0 Å². The molecule has 0 aromatic rings. The molecule has 1 fully saturated rings. The number of nitrogens with two attached hydrogens (primary N) is 2. The molecule has 0 radical (unpaired) electrons. The smallest absolute Gasteiger partial charge is 0.320 e. The van der Waals surface area contributed by atoms with Crippen LogP contribution < -0.4 is 11.5 Å². The van der Waals surface area contributed by atoms with Crippen molar-refractivity contribution in [3.05, 3.63) is 0 Å². The van der Waals surface area contributed by atoms with Gasteiger partial charge in [0.25, 0.3) is 0 Å². The van der Waals surface area contributed by atoms with Crippen LogP contribution in [0.5, 0.6) is 0 Å². The van der Waals surface area contributed by atoms with Gasteiger partial charge in [0.1, 0.15) is 6.04 Å². The standard InChI is InChI=1S/C12H20N4O4S/c1-7(17)21-8-5-10(18)16(6-8)12(14)15-4-2-3-9(13)11(19)20/h8-9H,2-6,13H2,1H3,(H2,14,15)(H,19,20)/t8?,9-/m0/s1. The third kappa shape index (κ3) is 5.72. The molecule has 118 valence electrons. The zero-order chi connectivity index (χ0) is 16.0. The molecule has 0 spiro atoms. The zero-order valence-electron chi connectivity index (χ0n) is 11.8. The number of likely N-dealkylation sites (tertiary alicyclic amines) is 1. The first-order valence-corrected chi connectivity index (χ1v) is 7.45. The van der Waals surface area contributed by atoms with Crippen molar-refractivity contribution < 1.29 is 19.5 Å². The van der Waals surface area contributed by atoms with E-state index >= 15 is 0 Å². The Bertz CT molecular complexity index is 455. The minimum absolute atomic E-state index is 0.0344. The monoisotopic (exact) mass is 316 g/mol. The molecule has 1 rings (SSSR count). The van der Waals surface area contributed by atoms with Crippen LogP contribution in [0.3, 0.4) is 0 Å². The lowest BCUT2D eigenvalue weighted by atomic mass is 10.2. The van der Waals surface area contributed by atoms with Crippen molar-refractivity contribution >= 4 is 34.7 Å². The average molecular weight is 316 g/mol. The zero-order valence-corrected chi connectivity index (χ0v) is 12.6. The highest BCUT2D eigenvalue weighted by Gasteiger charge is 2.32. The Morgan fingerprint density at radius 2 is 2.24 bits per heavy atom. The molecule has 21 heavy (non-hydrogen) atoms. The van der Waals surface area contributed by atoms with E-state index in [0.29, 0.717) is 25.9 Å². The van der Waals surface area contributed by atoms with E-state index in [4.69, 9.17) is 16.6 Å². The van der Waals surface area contributed by atoms with Gasteiger partial charge < -0.3 is 16.6 Å². The molecule has 8 nitrogen and oxygen atoms in total. The van der Waals surface area contributed by atoms with Crippen molar-refractivity contribution in [2.75, 3.05) is 13.1 Å². The van der Waals surface area contributed by atoms with Gasteiger partial charge in [-0.15, -0.1) is 0 Å². The van der Waals surface area contributed by atoms with Crippen LogP contribution in [-0.4, -0.2) is 57.3 Å². The van der Waals surface area contributed by atoms with Gasteiger partial charge in [-0.25, -0.2) is 0 Å². The van der Waals surface area contributed by atoms with Crippen LogP contribution in [0.2, 0.25) is 0 Å². The van der Waals surface area contributed by atoms with E-state index in [-0.39, 0.29) is 28.7 Å². The topological polar surface area (TPSA) is 139 Å². The highest BCUT2D eigenvalue weighted by Crippen LogP contribution is 2.23. The number of aliphatic imine (C=N–C) groups is 1. The lowest BCUT2D eigenvalue weighted by Gasteiger charge is -2.15. The van der Waals surface area contributed by atoms with Crippen LogP contribution >= 0.6 is 11.8 Å². The molecule has 0 aliphatic carbocycles. The first kappa shape index (κ1) is 17.4. The maximum atomic E-state index is 11.8. The largest absolute Gasteiger partial charge is 0.480 e. The van der Waals surface area contributed by atoms with E-state index in [1.54, 1.807) is 0 Å². The number of carboxylic acid groups (broad SMARTS) is 1. The first-order valence-electron chi connectivity index (χ1n) is 6.57. The second-order valence-electron chi connectivity index (χ2n) is 4.77. The number of rotatable bonds is 6.